The highest BCUT2D eigenvalue weighted by Crippen LogP contribution is 2.24. The fourth-order valence-corrected chi connectivity index (χ4v) is 1.97. The normalized spacial score (nSPS) is 17.3. The summed E-state index contributed by atoms with van der Waals surface area (Å²) in [4.78, 5) is 11.2. The van der Waals surface area contributed by atoms with E-state index in [2.05, 4.69) is 41.0 Å². The number of nitrogens with one attached hydrogen (secondary N) is 1. The first kappa shape index (κ1) is 12.6. The van der Waals surface area contributed by atoms with E-state index in [4.69, 9.17) is 11.6 Å². The molecule has 1 saturated heterocycles. The zero-order valence-corrected chi connectivity index (χ0v) is 11.4. The molecular formula is C12H19ClN4. The Kier molecular flexibility index (Phi) is 3.54. The molecule has 0 atom stereocenters. The summed E-state index contributed by atoms with van der Waals surface area (Å²) in [5.74, 6) is 1.75. The van der Waals surface area contributed by atoms with Crippen LogP contribution in [0, 0.1) is 0 Å². The minimum atomic E-state index is -0.0757. The fourth-order valence-electron chi connectivity index (χ4n) is 1.80. The van der Waals surface area contributed by atoms with E-state index in [9.17, 15) is 0 Å². The lowest BCUT2D eigenvalue weighted by molar-refractivity contribution is 0.538. The number of hydrogen-bond acceptors (Lipinski definition) is 4. The van der Waals surface area contributed by atoms with Crippen molar-refractivity contribution in [2.75, 3.05) is 31.1 Å². The van der Waals surface area contributed by atoms with E-state index in [0.717, 1.165) is 37.8 Å². The second-order valence-electron chi connectivity index (χ2n) is 5.36. The lowest BCUT2D eigenvalue weighted by Crippen LogP contribution is -2.44. The van der Waals surface area contributed by atoms with Gasteiger partial charge < -0.3 is 10.2 Å². The van der Waals surface area contributed by atoms with E-state index in [1.807, 2.05) is 6.07 Å². The van der Waals surface area contributed by atoms with Gasteiger partial charge >= 0.3 is 0 Å². The van der Waals surface area contributed by atoms with Gasteiger partial charge in [0.1, 0.15) is 16.8 Å². The topological polar surface area (TPSA) is 41.1 Å². The van der Waals surface area contributed by atoms with Crippen molar-refractivity contribution in [2.24, 2.45) is 0 Å². The molecule has 0 aliphatic carbocycles. The Labute approximate surface area is 107 Å². The van der Waals surface area contributed by atoms with Crippen molar-refractivity contribution >= 4 is 17.4 Å². The molecule has 1 aliphatic rings. The van der Waals surface area contributed by atoms with Crippen LogP contribution in [0.15, 0.2) is 6.07 Å². The van der Waals surface area contributed by atoms with Crippen molar-refractivity contribution in [3.05, 3.63) is 17.0 Å². The van der Waals surface area contributed by atoms with E-state index >= 15 is 0 Å². The van der Waals surface area contributed by atoms with Gasteiger partial charge in [-0.1, -0.05) is 32.4 Å². The van der Waals surface area contributed by atoms with Gasteiger partial charge in [-0.3, -0.25) is 0 Å². The molecule has 0 bridgehead atoms. The Hall–Kier alpha value is -0.870. The van der Waals surface area contributed by atoms with Gasteiger partial charge in [0.25, 0.3) is 0 Å². The number of piperazine rings is 1. The number of halogens is 1. The molecule has 4 nitrogen and oxygen atoms in total. The van der Waals surface area contributed by atoms with Crippen LogP contribution in [0.2, 0.25) is 5.15 Å². The predicted molar refractivity (Wildman–Crippen MR) is 70.8 cm³/mol. The van der Waals surface area contributed by atoms with Crippen LogP contribution in [0.25, 0.3) is 0 Å². The Morgan fingerprint density at radius 1 is 1.24 bits per heavy atom. The van der Waals surface area contributed by atoms with Gasteiger partial charge in [0.2, 0.25) is 0 Å². The minimum Gasteiger partial charge on any atom is -0.354 e. The third kappa shape index (κ3) is 3.07. The summed E-state index contributed by atoms with van der Waals surface area (Å²) in [6.45, 7) is 10.2. The number of aromatic nitrogens is 2. The van der Waals surface area contributed by atoms with Crippen LogP contribution in [0.3, 0.4) is 0 Å². The second kappa shape index (κ2) is 4.78. The number of anilines is 1. The molecule has 1 aliphatic heterocycles. The van der Waals surface area contributed by atoms with Crippen molar-refractivity contribution < 1.29 is 0 Å². The molecule has 0 spiro atoms. The summed E-state index contributed by atoms with van der Waals surface area (Å²) in [5, 5.41) is 3.85. The summed E-state index contributed by atoms with van der Waals surface area (Å²) >= 11 is 6.08. The van der Waals surface area contributed by atoms with Gasteiger partial charge in [-0.25, -0.2) is 9.97 Å². The number of rotatable bonds is 1. The maximum atomic E-state index is 6.08. The largest absolute Gasteiger partial charge is 0.354 e. The molecule has 0 unspecified atom stereocenters. The Bertz CT molecular complexity index is 394. The van der Waals surface area contributed by atoms with Crippen molar-refractivity contribution in [1.29, 1.82) is 0 Å². The van der Waals surface area contributed by atoms with Crippen LogP contribution in [-0.2, 0) is 5.41 Å². The van der Waals surface area contributed by atoms with Crippen molar-refractivity contribution in [3.63, 3.8) is 0 Å². The lowest BCUT2D eigenvalue weighted by atomic mass is 9.96. The summed E-state index contributed by atoms with van der Waals surface area (Å²) in [6.07, 6.45) is 0. The van der Waals surface area contributed by atoms with E-state index < -0.39 is 0 Å². The maximum absolute atomic E-state index is 6.08. The molecule has 5 heteroatoms. The first-order chi connectivity index (χ1) is 7.97. The van der Waals surface area contributed by atoms with Gasteiger partial charge in [-0.05, 0) is 0 Å². The Balaban J connectivity index is 2.31. The number of nitrogens with zero attached hydrogens (tertiary/aromatic N) is 3. The van der Waals surface area contributed by atoms with Crippen molar-refractivity contribution in [1.82, 2.24) is 15.3 Å². The van der Waals surface area contributed by atoms with Gasteiger partial charge in [0, 0.05) is 37.7 Å². The van der Waals surface area contributed by atoms with Gasteiger partial charge in [0.15, 0.2) is 0 Å². The smallest absolute Gasteiger partial charge is 0.137 e. The van der Waals surface area contributed by atoms with E-state index in [1.54, 1.807) is 0 Å². The standard InChI is InChI=1S/C12H19ClN4/c1-12(2,3)11-15-9(13)8-10(16-11)17-6-4-14-5-7-17/h8,14H,4-7H2,1-3H3. The van der Waals surface area contributed by atoms with Gasteiger partial charge in [-0.2, -0.15) is 0 Å². The molecule has 1 aromatic heterocycles. The van der Waals surface area contributed by atoms with Crippen LogP contribution < -0.4 is 10.2 Å². The first-order valence-corrected chi connectivity index (χ1v) is 6.35. The molecule has 0 radical (unpaired) electrons. The van der Waals surface area contributed by atoms with Crippen LogP contribution in [-0.4, -0.2) is 36.1 Å². The molecule has 2 rings (SSSR count). The van der Waals surface area contributed by atoms with E-state index in [1.165, 1.54) is 0 Å². The quantitative estimate of drug-likeness (QED) is 0.777. The van der Waals surface area contributed by atoms with Crippen LogP contribution >= 0.6 is 11.6 Å². The monoisotopic (exact) mass is 254 g/mol. The molecule has 2 heterocycles. The molecule has 0 aromatic carbocycles. The average Bonchev–Trinajstić information content (AvgIpc) is 2.28. The molecule has 1 fully saturated rings. The third-order valence-corrected chi connectivity index (χ3v) is 2.99. The van der Waals surface area contributed by atoms with Crippen LogP contribution in [0.5, 0.6) is 0 Å². The maximum Gasteiger partial charge on any atom is 0.137 e. The summed E-state index contributed by atoms with van der Waals surface area (Å²) in [7, 11) is 0. The van der Waals surface area contributed by atoms with Crippen molar-refractivity contribution in [2.45, 2.75) is 26.2 Å². The molecule has 94 valence electrons. The van der Waals surface area contributed by atoms with E-state index in [-0.39, 0.29) is 5.41 Å². The molecular weight excluding hydrogens is 236 g/mol. The van der Waals surface area contributed by atoms with E-state index in [0.29, 0.717) is 5.15 Å². The number of hydrogen-bond donors (Lipinski definition) is 1. The third-order valence-electron chi connectivity index (χ3n) is 2.79. The summed E-state index contributed by atoms with van der Waals surface area (Å²) < 4.78 is 0. The molecule has 1 N–H and O–H groups in total. The van der Waals surface area contributed by atoms with Gasteiger partial charge in [0.05, 0.1) is 0 Å². The zero-order chi connectivity index (χ0) is 12.5. The molecule has 0 amide bonds. The zero-order valence-electron chi connectivity index (χ0n) is 10.6. The molecule has 17 heavy (non-hydrogen) atoms. The predicted octanol–water partition coefficient (Wildman–Crippen LogP) is 1.84. The summed E-state index contributed by atoms with van der Waals surface area (Å²) in [5.41, 5.74) is -0.0757. The first-order valence-electron chi connectivity index (χ1n) is 5.97. The highest BCUT2D eigenvalue weighted by molar-refractivity contribution is 6.29. The second-order valence-corrected chi connectivity index (χ2v) is 5.75. The van der Waals surface area contributed by atoms with Crippen molar-refractivity contribution in [3.8, 4) is 0 Å². The van der Waals surface area contributed by atoms with Crippen LogP contribution in [0.1, 0.15) is 26.6 Å². The highest BCUT2D eigenvalue weighted by atomic mass is 35.5. The molecule has 1 aromatic rings. The average molecular weight is 255 g/mol. The SMILES string of the molecule is CC(C)(C)c1nc(Cl)cc(N2CCNCC2)n1. The van der Waals surface area contributed by atoms with Crippen LogP contribution in [0.4, 0.5) is 5.82 Å². The molecule has 0 saturated carbocycles. The summed E-state index contributed by atoms with van der Waals surface area (Å²) in [6, 6.07) is 1.85. The minimum absolute atomic E-state index is 0.0757. The lowest BCUT2D eigenvalue weighted by Gasteiger charge is -2.29. The Morgan fingerprint density at radius 2 is 1.88 bits per heavy atom. The highest BCUT2D eigenvalue weighted by Gasteiger charge is 2.21. The Morgan fingerprint density at radius 3 is 2.47 bits per heavy atom. The van der Waals surface area contributed by atoms with Gasteiger partial charge in [-0.15, -0.1) is 0 Å². The fraction of sp³-hybridized carbons (Fsp3) is 0.667.